The monoisotopic (exact) mass is 621 g/mol. The molecule has 1 aromatic rings. The van der Waals surface area contributed by atoms with Crippen LogP contribution in [0.4, 0.5) is 0 Å². The minimum Gasteiger partial charge on any atom is -0.481 e. The van der Waals surface area contributed by atoms with E-state index in [-0.39, 0.29) is 48.6 Å². The Labute approximate surface area is 261 Å². The predicted molar refractivity (Wildman–Crippen MR) is 171 cm³/mol. The predicted octanol–water partition coefficient (Wildman–Crippen LogP) is 2.70. The summed E-state index contributed by atoms with van der Waals surface area (Å²) in [5.41, 5.74) is 7.88. The molecule has 0 aliphatic carbocycles. The lowest BCUT2D eigenvalue weighted by atomic mass is 9.91. The van der Waals surface area contributed by atoms with Gasteiger partial charge in [0.15, 0.2) is 11.0 Å². The highest BCUT2D eigenvalue weighted by atomic mass is 32.2. The van der Waals surface area contributed by atoms with Crippen molar-refractivity contribution in [3.8, 4) is 0 Å². The fourth-order valence-corrected chi connectivity index (χ4v) is 7.78. The van der Waals surface area contributed by atoms with Crippen LogP contribution in [0.5, 0.6) is 0 Å². The molecule has 0 bridgehead atoms. The summed E-state index contributed by atoms with van der Waals surface area (Å²) in [4.78, 5) is 51.6. The topological polar surface area (TPSA) is 161 Å². The van der Waals surface area contributed by atoms with Gasteiger partial charge >= 0.3 is 11.9 Å². The molecule has 10 nitrogen and oxygen atoms in total. The molecule has 6 atom stereocenters. The number of aromatic nitrogens is 1. The number of H-pyrrole nitrogens is 1. The number of hydrogen-bond acceptors (Lipinski definition) is 5. The van der Waals surface area contributed by atoms with Crippen molar-refractivity contribution >= 4 is 41.6 Å². The molecule has 3 saturated heterocycles. The van der Waals surface area contributed by atoms with E-state index < -0.39 is 17.9 Å². The van der Waals surface area contributed by atoms with Gasteiger partial charge in [0.05, 0.1) is 30.3 Å². The molecular formula is C33H41N4O6S+. The molecule has 4 aliphatic heterocycles. The second kappa shape index (κ2) is 12.6. The van der Waals surface area contributed by atoms with Crippen LogP contribution in [0.15, 0.2) is 53.4 Å². The number of nitrogens with one attached hydrogen (secondary N) is 4. The van der Waals surface area contributed by atoms with Gasteiger partial charge in [0.25, 0.3) is 0 Å². The number of carboxylic acids is 2. The van der Waals surface area contributed by atoms with E-state index in [9.17, 15) is 29.4 Å². The van der Waals surface area contributed by atoms with Crippen LogP contribution in [-0.2, 0) is 43.8 Å². The SMILES string of the molecule is C=CC1C(=C)[C@@H](CC2=C(C)/C(=C/CC(=O)O)C(Cc3[nH]c(/C=C4\NC(=O)[C@H](C)[C@H]4[C@H]4C[SH+]4)c(C)c3CCC(=O)O)N2)NC1=O. The summed E-state index contributed by atoms with van der Waals surface area (Å²) in [7, 11) is 0. The van der Waals surface area contributed by atoms with Crippen LogP contribution in [0.1, 0.15) is 55.6 Å². The third-order valence-electron chi connectivity index (χ3n) is 9.39. The molecule has 1 aromatic heterocycles. The van der Waals surface area contributed by atoms with E-state index in [4.69, 9.17) is 0 Å². The van der Waals surface area contributed by atoms with Crippen LogP contribution in [0, 0.1) is 24.7 Å². The number of amides is 2. The van der Waals surface area contributed by atoms with Gasteiger partial charge in [-0.1, -0.05) is 25.7 Å². The molecule has 6 N–H and O–H groups in total. The van der Waals surface area contributed by atoms with Crippen molar-refractivity contribution in [2.45, 2.75) is 70.2 Å². The summed E-state index contributed by atoms with van der Waals surface area (Å²) >= 11 is 1.36. The highest BCUT2D eigenvalue weighted by molar-refractivity contribution is 7.86. The third kappa shape index (κ3) is 6.29. The Kier molecular flexibility index (Phi) is 8.97. The minimum atomic E-state index is -0.938. The average molecular weight is 622 g/mol. The van der Waals surface area contributed by atoms with Gasteiger partial charge in [-0.25, -0.2) is 0 Å². The van der Waals surface area contributed by atoms with Crippen LogP contribution in [0.2, 0.25) is 0 Å². The van der Waals surface area contributed by atoms with Gasteiger partial charge in [-0.15, -0.1) is 6.58 Å². The number of allylic oxidation sites excluding steroid dienone is 1. The smallest absolute Gasteiger partial charge is 0.307 e. The van der Waals surface area contributed by atoms with Gasteiger partial charge in [0, 0.05) is 48.0 Å². The maximum Gasteiger partial charge on any atom is 0.307 e. The Morgan fingerprint density at radius 1 is 1.07 bits per heavy atom. The van der Waals surface area contributed by atoms with Crippen molar-refractivity contribution in [3.05, 3.63) is 75.9 Å². The number of carbonyl (C=O) groups is 4. The molecule has 0 saturated carbocycles. The highest BCUT2D eigenvalue weighted by Gasteiger charge is 2.52. The van der Waals surface area contributed by atoms with Crippen molar-refractivity contribution in [1.82, 2.24) is 20.9 Å². The van der Waals surface area contributed by atoms with Crippen molar-refractivity contribution < 1.29 is 29.4 Å². The van der Waals surface area contributed by atoms with Crippen LogP contribution in [0.25, 0.3) is 6.08 Å². The maximum absolute atomic E-state index is 12.6. The lowest BCUT2D eigenvalue weighted by molar-refractivity contribution is -0.137. The standard InChI is InChI=1S/C33H40N4O6S/c1-6-19-15(2)24(36-33(19)43)11-22-16(3)20(7-9-29(38)39)25(34-22)13-26-21(8-10-30(40)41)17(4)23(35-26)12-27-31(28-14-44-28)18(5)32(42)37-27/h6-7,12,18-19,24-25,28,31,34-35H,1-2,8-11,13-14H2,3-5H3,(H,36,43)(H,37,42)(H,38,39)(H,40,41)/p+1/b20-7-,27-12-/t18-,19?,24-,25?,28-,31-/m1/s1. The Hall–Kier alpha value is -3.99. The molecular weight excluding hydrogens is 580 g/mol. The number of carboxylic acid groups (broad SMARTS) is 2. The first kappa shape index (κ1) is 31.4. The van der Waals surface area contributed by atoms with Crippen LogP contribution in [-0.4, -0.2) is 62.0 Å². The fraction of sp³-hybridized carbons (Fsp3) is 0.455. The first-order chi connectivity index (χ1) is 20.9. The Bertz CT molecular complexity index is 1530. The van der Waals surface area contributed by atoms with Crippen molar-refractivity contribution in [1.29, 1.82) is 0 Å². The maximum atomic E-state index is 12.6. The van der Waals surface area contributed by atoms with Crippen molar-refractivity contribution in [2.75, 3.05) is 5.75 Å². The average Bonchev–Trinajstić information content (AvgIpc) is 3.53. The summed E-state index contributed by atoms with van der Waals surface area (Å²) in [6.45, 7) is 13.8. The van der Waals surface area contributed by atoms with E-state index in [0.29, 0.717) is 24.5 Å². The van der Waals surface area contributed by atoms with E-state index in [0.717, 1.165) is 56.4 Å². The lowest BCUT2D eigenvalue weighted by Crippen LogP contribution is -2.32. The quantitative estimate of drug-likeness (QED) is 0.0906. The summed E-state index contributed by atoms with van der Waals surface area (Å²) in [6, 6.07) is -0.543. The Balaban J connectivity index is 1.45. The second-order valence-corrected chi connectivity index (χ2v) is 13.6. The van der Waals surface area contributed by atoms with Crippen LogP contribution < -0.4 is 16.0 Å². The van der Waals surface area contributed by atoms with Gasteiger partial charge in [0.1, 0.15) is 0 Å². The van der Waals surface area contributed by atoms with Gasteiger partial charge in [-0.05, 0) is 66.0 Å². The molecule has 5 rings (SSSR count). The molecule has 44 heavy (non-hydrogen) atoms. The van der Waals surface area contributed by atoms with Crippen molar-refractivity contribution in [2.24, 2.45) is 17.8 Å². The molecule has 2 amide bonds. The summed E-state index contributed by atoms with van der Waals surface area (Å²) < 4.78 is 0. The van der Waals surface area contributed by atoms with E-state index in [1.54, 1.807) is 12.2 Å². The normalized spacial score (nSPS) is 29.8. The lowest BCUT2D eigenvalue weighted by Gasteiger charge is -2.18. The first-order valence-electron chi connectivity index (χ1n) is 15.0. The number of aromatic amines is 1. The molecule has 0 radical (unpaired) electrons. The Morgan fingerprint density at radius 3 is 2.41 bits per heavy atom. The molecule has 5 heterocycles. The van der Waals surface area contributed by atoms with Crippen molar-refractivity contribution in [3.63, 3.8) is 0 Å². The molecule has 11 heteroatoms. The van der Waals surface area contributed by atoms with Gasteiger partial charge in [0.2, 0.25) is 11.8 Å². The van der Waals surface area contributed by atoms with E-state index in [1.165, 1.54) is 11.8 Å². The van der Waals surface area contributed by atoms with Gasteiger partial charge in [-0.2, -0.15) is 0 Å². The largest absolute Gasteiger partial charge is 0.481 e. The second-order valence-electron chi connectivity index (χ2n) is 12.2. The fourth-order valence-electron chi connectivity index (χ4n) is 6.78. The molecule has 4 aliphatic rings. The van der Waals surface area contributed by atoms with Crippen LogP contribution >= 0.6 is 0 Å². The molecule has 2 unspecified atom stereocenters. The van der Waals surface area contributed by atoms with Gasteiger partial charge in [-0.3, -0.25) is 19.2 Å². The summed E-state index contributed by atoms with van der Waals surface area (Å²) in [6.07, 6.45) is 6.42. The zero-order chi connectivity index (χ0) is 31.9. The zero-order valence-electron chi connectivity index (χ0n) is 25.3. The molecule has 0 spiro atoms. The number of carbonyl (C=O) groups excluding carboxylic acids is 2. The number of thiol groups is 1. The first-order valence-corrected chi connectivity index (χ1v) is 16.2. The molecule has 3 fully saturated rings. The summed E-state index contributed by atoms with van der Waals surface area (Å²) in [5, 5.41) is 29.1. The molecule has 0 aromatic carbocycles. The summed E-state index contributed by atoms with van der Waals surface area (Å²) in [5.74, 6) is -1.25. The highest BCUT2D eigenvalue weighted by Crippen LogP contribution is 2.39. The van der Waals surface area contributed by atoms with E-state index in [1.807, 2.05) is 26.8 Å². The molecule has 234 valence electrons. The Morgan fingerprint density at radius 2 is 1.80 bits per heavy atom. The van der Waals surface area contributed by atoms with E-state index in [2.05, 4.69) is 34.1 Å². The van der Waals surface area contributed by atoms with E-state index >= 15 is 0 Å². The third-order valence-corrected chi connectivity index (χ3v) is 10.5. The number of hydrogen-bond donors (Lipinski definition) is 6. The van der Waals surface area contributed by atoms with Gasteiger partial charge < -0.3 is 31.1 Å². The zero-order valence-corrected chi connectivity index (χ0v) is 26.2. The number of aliphatic carboxylic acids is 2. The van der Waals surface area contributed by atoms with Crippen LogP contribution in [0.3, 0.4) is 0 Å². The number of rotatable bonds is 12. The minimum absolute atomic E-state index is 0.0249.